The highest BCUT2D eigenvalue weighted by Gasteiger charge is 2.15. The van der Waals surface area contributed by atoms with Crippen LogP contribution in [-0.2, 0) is 10.0 Å². The summed E-state index contributed by atoms with van der Waals surface area (Å²) in [6, 6.07) is 11.1. The zero-order valence-corrected chi connectivity index (χ0v) is 11.8. The van der Waals surface area contributed by atoms with Gasteiger partial charge < -0.3 is 5.73 Å². The number of nitrogens with two attached hydrogens (primary N) is 1. The minimum atomic E-state index is -3.66. The Kier molecular flexibility index (Phi) is 3.68. The van der Waals surface area contributed by atoms with Gasteiger partial charge in [-0.3, -0.25) is 4.72 Å². The maximum Gasteiger partial charge on any atom is 0.261 e. The Morgan fingerprint density at radius 1 is 1.11 bits per heavy atom. The SMILES string of the molecule is Cc1ccc(N)c(NS(=O)(=O)c2ccc(Cl)cc2)c1. The number of aryl methyl sites for hydroxylation is 1. The Balaban J connectivity index is 2.36. The van der Waals surface area contributed by atoms with Gasteiger partial charge in [-0.1, -0.05) is 17.7 Å². The van der Waals surface area contributed by atoms with E-state index in [0.29, 0.717) is 16.4 Å². The van der Waals surface area contributed by atoms with Crippen LogP contribution >= 0.6 is 11.6 Å². The molecule has 0 aliphatic carbocycles. The molecular weight excluding hydrogens is 284 g/mol. The first-order chi connectivity index (χ1) is 8.88. The van der Waals surface area contributed by atoms with Crippen molar-refractivity contribution in [1.82, 2.24) is 0 Å². The molecule has 19 heavy (non-hydrogen) atoms. The molecule has 3 N–H and O–H groups in total. The zero-order chi connectivity index (χ0) is 14.0. The molecule has 0 heterocycles. The van der Waals surface area contributed by atoms with Gasteiger partial charge in [-0.25, -0.2) is 8.42 Å². The van der Waals surface area contributed by atoms with Crippen molar-refractivity contribution in [2.75, 3.05) is 10.5 Å². The highest BCUT2D eigenvalue weighted by Crippen LogP contribution is 2.23. The number of halogens is 1. The molecule has 0 fully saturated rings. The van der Waals surface area contributed by atoms with Gasteiger partial charge in [0.05, 0.1) is 16.3 Å². The van der Waals surface area contributed by atoms with Crippen molar-refractivity contribution in [2.24, 2.45) is 0 Å². The average molecular weight is 297 g/mol. The third-order valence-corrected chi connectivity index (χ3v) is 4.21. The predicted molar refractivity (Wildman–Crippen MR) is 77.9 cm³/mol. The van der Waals surface area contributed by atoms with Crippen molar-refractivity contribution >= 4 is 33.0 Å². The minimum Gasteiger partial charge on any atom is -0.397 e. The normalized spacial score (nSPS) is 11.3. The standard InChI is InChI=1S/C13H13ClN2O2S/c1-9-2-7-12(15)13(8-9)16-19(17,18)11-5-3-10(14)4-6-11/h2-8,16H,15H2,1H3. The largest absolute Gasteiger partial charge is 0.397 e. The number of nitrogens with one attached hydrogen (secondary N) is 1. The van der Waals surface area contributed by atoms with Crippen LogP contribution in [0.15, 0.2) is 47.4 Å². The minimum absolute atomic E-state index is 0.137. The van der Waals surface area contributed by atoms with Gasteiger partial charge >= 0.3 is 0 Å². The maximum atomic E-state index is 12.2. The number of hydrogen-bond donors (Lipinski definition) is 2. The molecular formula is C13H13ClN2O2S. The summed E-state index contributed by atoms with van der Waals surface area (Å²) in [4.78, 5) is 0.137. The fourth-order valence-corrected chi connectivity index (χ4v) is 2.78. The van der Waals surface area contributed by atoms with Gasteiger partial charge in [-0.2, -0.15) is 0 Å². The highest BCUT2D eigenvalue weighted by molar-refractivity contribution is 7.92. The van der Waals surface area contributed by atoms with Gasteiger partial charge in [0, 0.05) is 5.02 Å². The Morgan fingerprint density at radius 2 is 1.74 bits per heavy atom. The van der Waals surface area contributed by atoms with Crippen molar-refractivity contribution in [1.29, 1.82) is 0 Å². The molecule has 0 amide bonds. The van der Waals surface area contributed by atoms with E-state index in [-0.39, 0.29) is 4.90 Å². The third-order valence-electron chi connectivity index (χ3n) is 2.58. The van der Waals surface area contributed by atoms with E-state index in [1.165, 1.54) is 24.3 Å². The summed E-state index contributed by atoms with van der Waals surface area (Å²) in [5.74, 6) is 0. The third kappa shape index (κ3) is 3.19. The molecule has 2 aromatic carbocycles. The van der Waals surface area contributed by atoms with Crippen molar-refractivity contribution in [2.45, 2.75) is 11.8 Å². The quantitative estimate of drug-likeness (QED) is 0.855. The second-order valence-corrected chi connectivity index (χ2v) is 6.27. The van der Waals surface area contributed by atoms with Crippen LogP contribution in [-0.4, -0.2) is 8.42 Å². The van der Waals surface area contributed by atoms with Gasteiger partial charge in [0.15, 0.2) is 0 Å². The van der Waals surface area contributed by atoms with Crippen LogP contribution in [0.2, 0.25) is 5.02 Å². The Morgan fingerprint density at radius 3 is 2.37 bits per heavy atom. The average Bonchev–Trinajstić information content (AvgIpc) is 2.34. The lowest BCUT2D eigenvalue weighted by atomic mass is 10.2. The van der Waals surface area contributed by atoms with Crippen LogP contribution in [0.4, 0.5) is 11.4 Å². The van der Waals surface area contributed by atoms with E-state index >= 15 is 0 Å². The summed E-state index contributed by atoms with van der Waals surface area (Å²) in [6.45, 7) is 1.86. The van der Waals surface area contributed by atoms with Gasteiger partial charge in [0.25, 0.3) is 10.0 Å². The van der Waals surface area contributed by atoms with E-state index in [9.17, 15) is 8.42 Å². The van der Waals surface area contributed by atoms with Gasteiger partial charge in [0.2, 0.25) is 0 Å². The zero-order valence-electron chi connectivity index (χ0n) is 10.2. The van der Waals surface area contributed by atoms with Gasteiger partial charge in [0.1, 0.15) is 0 Å². The van der Waals surface area contributed by atoms with Crippen LogP contribution in [0.1, 0.15) is 5.56 Å². The molecule has 6 heteroatoms. The van der Waals surface area contributed by atoms with Crippen LogP contribution in [0, 0.1) is 6.92 Å². The number of benzene rings is 2. The molecule has 2 rings (SSSR count). The first-order valence-electron chi connectivity index (χ1n) is 5.53. The molecule has 0 radical (unpaired) electrons. The fraction of sp³-hybridized carbons (Fsp3) is 0.0769. The maximum absolute atomic E-state index is 12.2. The molecule has 100 valence electrons. The Labute approximate surface area is 117 Å². The van der Waals surface area contributed by atoms with Gasteiger partial charge in [-0.15, -0.1) is 0 Å². The monoisotopic (exact) mass is 296 g/mol. The summed E-state index contributed by atoms with van der Waals surface area (Å²) in [5, 5.41) is 0.481. The molecule has 0 unspecified atom stereocenters. The summed E-state index contributed by atoms with van der Waals surface area (Å²) < 4.78 is 26.8. The second kappa shape index (κ2) is 5.11. The van der Waals surface area contributed by atoms with Crippen molar-refractivity contribution < 1.29 is 8.42 Å². The molecule has 0 aliphatic rings. The summed E-state index contributed by atoms with van der Waals surface area (Å²) in [6.07, 6.45) is 0. The van der Waals surface area contributed by atoms with Gasteiger partial charge in [-0.05, 0) is 48.9 Å². The molecule has 0 aromatic heterocycles. The molecule has 0 bridgehead atoms. The highest BCUT2D eigenvalue weighted by atomic mass is 35.5. The molecule has 0 saturated carbocycles. The van der Waals surface area contributed by atoms with E-state index in [4.69, 9.17) is 17.3 Å². The first kappa shape index (κ1) is 13.7. The van der Waals surface area contributed by atoms with E-state index in [0.717, 1.165) is 5.56 Å². The molecule has 0 aliphatic heterocycles. The second-order valence-electron chi connectivity index (χ2n) is 4.15. The van der Waals surface area contributed by atoms with E-state index in [2.05, 4.69) is 4.72 Å². The van der Waals surface area contributed by atoms with E-state index in [1.54, 1.807) is 12.1 Å². The van der Waals surface area contributed by atoms with E-state index in [1.807, 2.05) is 13.0 Å². The smallest absolute Gasteiger partial charge is 0.261 e. The number of hydrogen-bond acceptors (Lipinski definition) is 3. The lowest BCUT2D eigenvalue weighted by Gasteiger charge is -2.11. The molecule has 2 aromatic rings. The lowest BCUT2D eigenvalue weighted by Crippen LogP contribution is -2.14. The number of nitrogen functional groups attached to an aromatic ring is 1. The number of sulfonamides is 1. The number of rotatable bonds is 3. The topological polar surface area (TPSA) is 72.2 Å². The molecule has 0 atom stereocenters. The van der Waals surface area contributed by atoms with Crippen LogP contribution in [0.3, 0.4) is 0 Å². The van der Waals surface area contributed by atoms with Crippen molar-refractivity contribution in [3.05, 3.63) is 53.1 Å². The summed E-state index contributed by atoms with van der Waals surface area (Å²) in [7, 11) is -3.66. The molecule has 0 spiro atoms. The predicted octanol–water partition coefficient (Wildman–Crippen LogP) is 3.03. The summed E-state index contributed by atoms with van der Waals surface area (Å²) >= 11 is 5.73. The molecule has 0 saturated heterocycles. The Bertz CT molecular complexity index is 697. The van der Waals surface area contributed by atoms with E-state index < -0.39 is 10.0 Å². The van der Waals surface area contributed by atoms with Crippen LogP contribution in [0.5, 0.6) is 0 Å². The van der Waals surface area contributed by atoms with Crippen molar-refractivity contribution in [3.63, 3.8) is 0 Å². The lowest BCUT2D eigenvalue weighted by molar-refractivity contribution is 0.601. The fourth-order valence-electron chi connectivity index (χ4n) is 1.58. The summed E-state index contributed by atoms with van der Waals surface area (Å²) in [5.41, 5.74) is 7.42. The van der Waals surface area contributed by atoms with Crippen LogP contribution < -0.4 is 10.5 Å². The first-order valence-corrected chi connectivity index (χ1v) is 7.39. The number of anilines is 2. The Hall–Kier alpha value is -1.72. The molecule has 4 nitrogen and oxygen atoms in total. The van der Waals surface area contributed by atoms with Crippen molar-refractivity contribution in [3.8, 4) is 0 Å². The van der Waals surface area contributed by atoms with Crippen LogP contribution in [0.25, 0.3) is 0 Å².